The van der Waals surface area contributed by atoms with E-state index in [4.69, 9.17) is 0 Å². The van der Waals surface area contributed by atoms with Crippen LogP contribution in [-0.2, 0) is 16.6 Å². The number of nitrogens with zero attached hydrogens (tertiary/aromatic N) is 2. The van der Waals surface area contributed by atoms with Crippen molar-refractivity contribution >= 4 is 15.9 Å². The molecule has 0 aliphatic carbocycles. The molecule has 0 saturated carbocycles. The molecule has 33 heavy (non-hydrogen) atoms. The molecule has 0 atom stereocenters. The number of carbonyl (C=O) groups is 1. The fourth-order valence-corrected chi connectivity index (χ4v) is 5.77. The molecule has 0 unspecified atom stereocenters. The number of sulfonamides is 1. The number of benzene rings is 2. The summed E-state index contributed by atoms with van der Waals surface area (Å²) in [4.78, 5) is 15.3. The molecule has 6 nitrogen and oxygen atoms in total. The number of piperazine rings is 1. The van der Waals surface area contributed by atoms with Gasteiger partial charge in [0.15, 0.2) is 0 Å². The lowest BCUT2D eigenvalue weighted by Crippen LogP contribution is -2.48. The van der Waals surface area contributed by atoms with E-state index in [9.17, 15) is 13.2 Å². The van der Waals surface area contributed by atoms with E-state index in [0.717, 1.165) is 17.7 Å². The van der Waals surface area contributed by atoms with E-state index in [-0.39, 0.29) is 11.9 Å². The van der Waals surface area contributed by atoms with Crippen molar-refractivity contribution in [3.8, 4) is 0 Å². The molecule has 0 radical (unpaired) electrons. The Bertz CT molecular complexity index is 1020. The average molecular weight is 472 g/mol. The Kier molecular flexibility index (Phi) is 8.32. The van der Waals surface area contributed by atoms with Gasteiger partial charge >= 0.3 is 0 Å². The highest BCUT2D eigenvalue weighted by molar-refractivity contribution is 7.89. The van der Waals surface area contributed by atoms with Crippen LogP contribution in [0.1, 0.15) is 49.2 Å². The highest BCUT2D eigenvalue weighted by Crippen LogP contribution is 2.19. The number of hydrogen-bond acceptors (Lipinski definition) is 4. The molecule has 0 spiro atoms. The van der Waals surface area contributed by atoms with E-state index < -0.39 is 10.0 Å². The molecule has 0 bridgehead atoms. The van der Waals surface area contributed by atoms with Gasteiger partial charge in [0.1, 0.15) is 0 Å². The van der Waals surface area contributed by atoms with Crippen LogP contribution in [-0.4, -0.2) is 55.8 Å². The van der Waals surface area contributed by atoms with Crippen LogP contribution in [0.2, 0.25) is 0 Å². The van der Waals surface area contributed by atoms with Crippen molar-refractivity contribution in [2.24, 2.45) is 11.8 Å². The summed E-state index contributed by atoms with van der Waals surface area (Å²) in [7, 11) is -3.45. The van der Waals surface area contributed by atoms with Gasteiger partial charge in [0, 0.05) is 44.3 Å². The van der Waals surface area contributed by atoms with Crippen LogP contribution in [0.4, 0.5) is 0 Å². The molecule has 1 fully saturated rings. The van der Waals surface area contributed by atoms with Crippen LogP contribution in [0.15, 0.2) is 53.4 Å². The van der Waals surface area contributed by atoms with Crippen molar-refractivity contribution in [2.45, 2.75) is 52.1 Å². The van der Waals surface area contributed by atoms with Crippen molar-refractivity contribution in [3.05, 3.63) is 65.2 Å². The van der Waals surface area contributed by atoms with E-state index in [1.807, 2.05) is 43.3 Å². The highest BCUT2D eigenvalue weighted by Gasteiger charge is 2.28. The molecule has 0 aromatic heterocycles. The lowest BCUT2D eigenvalue weighted by atomic mass is 9.93. The number of hydrogen-bond donors (Lipinski definition) is 1. The fraction of sp³-hybridized carbons (Fsp3) is 0.500. The van der Waals surface area contributed by atoms with Gasteiger partial charge in [0.05, 0.1) is 4.90 Å². The molecule has 1 saturated heterocycles. The molecule has 1 aliphatic heterocycles. The second-order valence-electron chi connectivity index (χ2n) is 9.68. The topological polar surface area (TPSA) is 69.7 Å². The lowest BCUT2D eigenvalue weighted by molar-refractivity contribution is 0.0910. The third-order valence-corrected chi connectivity index (χ3v) is 8.26. The Morgan fingerprint density at radius 1 is 0.879 bits per heavy atom. The van der Waals surface area contributed by atoms with Gasteiger partial charge in [0.2, 0.25) is 10.0 Å². The van der Waals surface area contributed by atoms with Crippen molar-refractivity contribution in [1.29, 1.82) is 0 Å². The van der Waals surface area contributed by atoms with E-state index in [1.165, 1.54) is 0 Å². The first-order chi connectivity index (χ1) is 15.6. The molecule has 1 N–H and O–H groups in total. The Hall–Kier alpha value is -2.22. The predicted octanol–water partition coefficient (Wildman–Crippen LogP) is 3.91. The number of nitrogens with one attached hydrogen (secondary N) is 1. The molecule has 1 heterocycles. The molecule has 7 heteroatoms. The van der Waals surface area contributed by atoms with Crippen LogP contribution >= 0.6 is 0 Å². The fourth-order valence-electron chi connectivity index (χ4n) is 4.34. The summed E-state index contributed by atoms with van der Waals surface area (Å²) in [6.07, 6.45) is 0. The van der Waals surface area contributed by atoms with E-state index >= 15 is 0 Å². The summed E-state index contributed by atoms with van der Waals surface area (Å²) in [5.74, 6) is 0.715. The smallest absolute Gasteiger partial charge is 0.251 e. The first kappa shape index (κ1) is 25.4. The van der Waals surface area contributed by atoms with Gasteiger partial charge < -0.3 is 5.32 Å². The Morgan fingerprint density at radius 2 is 1.42 bits per heavy atom. The third kappa shape index (κ3) is 6.43. The zero-order chi connectivity index (χ0) is 24.2. The molecule has 2 aromatic carbocycles. The van der Waals surface area contributed by atoms with Crippen LogP contribution in [0.3, 0.4) is 0 Å². The summed E-state index contributed by atoms with van der Waals surface area (Å²) in [6.45, 7) is 13.5. The summed E-state index contributed by atoms with van der Waals surface area (Å²) < 4.78 is 27.4. The molecule has 3 rings (SSSR count). The molecular weight excluding hydrogens is 434 g/mol. The minimum atomic E-state index is -3.45. The molecule has 2 aromatic rings. The largest absolute Gasteiger partial charge is 0.349 e. The second-order valence-corrected chi connectivity index (χ2v) is 11.6. The van der Waals surface area contributed by atoms with Gasteiger partial charge in [-0.15, -0.1) is 0 Å². The van der Waals surface area contributed by atoms with Crippen LogP contribution in [0.5, 0.6) is 0 Å². The van der Waals surface area contributed by atoms with E-state index in [2.05, 4.69) is 37.9 Å². The summed E-state index contributed by atoms with van der Waals surface area (Å²) >= 11 is 0. The summed E-state index contributed by atoms with van der Waals surface area (Å²) in [5, 5.41) is 3.16. The number of amides is 1. The van der Waals surface area contributed by atoms with E-state index in [1.54, 1.807) is 16.4 Å². The van der Waals surface area contributed by atoms with Crippen molar-refractivity contribution in [3.63, 3.8) is 0 Å². The van der Waals surface area contributed by atoms with Crippen molar-refractivity contribution < 1.29 is 13.2 Å². The lowest BCUT2D eigenvalue weighted by Gasteiger charge is -2.34. The second kappa shape index (κ2) is 10.8. The number of aryl methyl sites for hydroxylation is 1. The molecule has 1 amide bonds. The normalized spacial score (nSPS) is 16.0. The van der Waals surface area contributed by atoms with Gasteiger partial charge in [0.25, 0.3) is 5.91 Å². The zero-order valence-corrected chi connectivity index (χ0v) is 21.2. The molecule has 180 valence electrons. The zero-order valence-electron chi connectivity index (χ0n) is 20.4. The molecule has 1 aliphatic rings. The van der Waals surface area contributed by atoms with Crippen LogP contribution in [0.25, 0.3) is 0 Å². The maximum atomic E-state index is 12.9. The number of carbonyl (C=O) groups excluding carboxylic acids is 1. The van der Waals surface area contributed by atoms with Crippen LogP contribution < -0.4 is 5.32 Å². The standard InChI is InChI=1S/C26H37N3O3S/c1-19(2)25(20(3)4)27-26(30)23-10-8-22(9-11-23)18-28-14-16-29(17-15-28)33(31,32)24-12-6-21(5)7-13-24/h6-13,19-20,25H,14-18H2,1-5H3,(H,27,30). The Morgan fingerprint density at radius 3 is 1.94 bits per heavy atom. The van der Waals surface area contributed by atoms with Gasteiger partial charge in [-0.05, 0) is 48.6 Å². The van der Waals surface area contributed by atoms with Gasteiger partial charge in [-0.2, -0.15) is 4.31 Å². The van der Waals surface area contributed by atoms with Crippen molar-refractivity contribution in [2.75, 3.05) is 26.2 Å². The molecular formula is C26H37N3O3S. The minimum Gasteiger partial charge on any atom is -0.349 e. The van der Waals surface area contributed by atoms with Gasteiger partial charge in [-0.25, -0.2) is 8.42 Å². The monoisotopic (exact) mass is 471 g/mol. The summed E-state index contributed by atoms with van der Waals surface area (Å²) in [5.41, 5.74) is 2.83. The maximum Gasteiger partial charge on any atom is 0.251 e. The van der Waals surface area contributed by atoms with Gasteiger partial charge in [-0.3, -0.25) is 9.69 Å². The van der Waals surface area contributed by atoms with Crippen molar-refractivity contribution in [1.82, 2.24) is 14.5 Å². The third-order valence-electron chi connectivity index (χ3n) is 6.35. The number of rotatable bonds is 8. The minimum absolute atomic E-state index is 0.0381. The first-order valence-electron chi connectivity index (χ1n) is 11.8. The predicted molar refractivity (Wildman–Crippen MR) is 133 cm³/mol. The SMILES string of the molecule is Cc1ccc(S(=O)(=O)N2CCN(Cc3ccc(C(=O)NC(C(C)C)C(C)C)cc3)CC2)cc1. The quantitative estimate of drug-likeness (QED) is 0.634. The maximum absolute atomic E-state index is 12.9. The average Bonchev–Trinajstić information content (AvgIpc) is 2.78. The Labute approximate surface area is 199 Å². The first-order valence-corrected chi connectivity index (χ1v) is 13.2. The Balaban J connectivity index is 1.54. The van der Waals surface area contributed by atoms with Crippen LogP contribution in [0, 0.1) is 18.8 Å². The summed E-state index contributed by atoms with van der Waals surface area (Å²) in [6, 6.07) is 14.9. The van der Waals surface area contributed by atoms with E-state index in [0.29, 0.717) is 48.5 Å². The highest BCUT2D eigenvalue weighted by atomic mass is 32.2. The van der Waals surface area contributed by atoms with Gasteiger partial charge in [-0.1, -0.05) is 57.5 Å².